The summed E-state index contributed by atoms with van der Waals surface area (Å²) in [6.45, 7) is 4.29. The molecule has 0 radical (unpaired) electrons. The highest BCUT2D eigenvalue weighted by molar-refractivity contribution is 7.11. The van der Waals surface area contributed by atoms with Crippen molar-refractivity contribution in [1.29, 1.82) is 0 Å². The first kappa shape index (κ1) is 14.5. The normalized spacial score (nSPS) is 21.1. The quantitative estimate of drug-likeness (QED) is 0.945. The zero-order valence-corrected chi connectivity index (χ0v) is 13.7. The molecule has 1 aliphatic carbocycles. The zero-order valence-electron chi connectivity index (χ0n) is 12.9. The van der Waals surface area contributed by atoms with E-state index in [1.54, 1.807) is 18.4 Å². The summed E-state index contributed by atoms with van der Waals surface area (Å²) in [5.41, 5.74) is 10.3. The van der Waals surface area contributed by atoms with Crippen molar-refractivity contribution in [3.8, 4) is 5.75 Å². The second-order valence-corrected chi connectivity index (χ2v) is 7.05. The van der Waals surface area contributed by atoms with Crippen LogP contribution in [0, 0.1) is 6.92 Å². The molecule has 21 heavy (non-hydrogen) atoms. The van der Waals surface area contributed by atoms with Gasteiger partial charge in [-0.25, -0.2) is 4.98 Å². The molecule has 0 saturated heterocycles. The lowest BCUT2D eigenvalue weighted by Crippen LogP contribution is -2.42. The predicted octanol–water partition coefficient (Wildman–Crippen LogP) is 3.37. The van der Waals surface area contributed by atoms with E-state index in [1.807, 2.05) is 6.07 Å². The third-order valence-corrected chi connectivity index (χ3v) is 5.65. The Bertz CT molecular complexity index is 665. The number of nitrogens with zero attached hydrogens (tertiary/aromatic N) is 1. The minimum absolute atomic E-state index is 0.331. The fourth-order valence-corrected chi connectivity index (χ4v) is 4.21. The molecule has 1 unspecified atom stereocenters. The number of rotatable bonds is 3. The molecule has 0 amide bonds. The number of aromatic nitrogens is 1. The van der Waals surface area contributed by atoms with E-state index < -0.39 is 0 Å². The van der Waals surface area contributed by atoms with Crippen LogP contribution in [0.3, 0.4) is 0 Å². The maximum atomic E-state index is 6.73. The minimum atomic E-state index is -0.331. The highest BCUT2D eigenvalue weighted by atomic mass is 32.1. The lowest BCUT2D eigenvalue weighted by Gasteiger charge is -2.33. The van der Waals surface area contributed by atoms with E-state index in [9.17, 15) is 0 Å². The maximum absolute atomic E-state index is 6.73. The fourth-order valence-electron chi connectivity index (χ4n) is 3.08. The van der Waals surface area contributed by atoms with Crippen LogP contribution in [0.1, 0.15) is 40.1 Å². The van der Waals surface area contributed by atoms with Gasteiger partial charge in [-0.2, -0.15) is 0 Å². The molecule has 0 saturated carbocycles. The standard InChI is InChI=1S/C17H22N2OS/c1-4-15-11(2)21-16(19-15)17(18)8-7-12-5-6-14(20-3)9-13(12)10-17/h5-6,9H,4,7-8,10,18H2,1-3H3. The van der Waals surface area contributed by atoms with Crippen LogP contribution in [0.2, 0.25) is 0 Å². The average Bonchev–Trinajstić information content (AvgIpc) is 2.88. The molecule has 0 fully saturated rings. The number of thiazole rings is 1. The van der Waals surface area contributed by atoms with Crippen molar-refractivity contribution >= 4 is 11.3 Å². The Morgan fingerprint density at radius 3 is 2.86 bits per heavy atom. The number of hydrogen-bond acceptors (Lipinski definition) is 4. The summed E-state index contributed by atoms with van der Waals surface area (Å²) >= 11 is 1.76. The molecule has 3 nitrogen and oxygen atoms in total. The van der Waals surface area contributed by atoms with E-state index >= 15 is 0 Å². The van der Waals surface area contributed by atoms with Crippen LogP contribution in [0.5, 0.6) is 5.75 Å². The molecule has 1 aromatic carbocycles. The van der Waals surface area contributed by atoms with Gasteiger partial charge < -0.3 is 10.5 Å². The van der Waals surface area contributed by atoms with Crippen LogP contribution in [-0.2, 0) is 24.8 Å². The SMILES string of the molecule is CCc1nc(C2(N)CCc3ccc(OC)cc3C2)sc1C. The summed E-state index contributed by atoms with van der Waals surface area (Å²) in [6.07, 6.45) is 3.79. The second-order valence-electron chi connectivity index (χ2n) is 5.84. The van der Waals surface area contributed by atoms with Gasteiger partial charge >= 0.3 is 0 Å². The molecule has 1 aliphatic rings. The third-order valence-electron chi connectivity index (χ3n) is 4.41. The van der Waals surface area contributed by atoms with E-state index in [0.717, 1.165) is 36.4 Å². The Hall–Kier alpha value is -1.39. The second kappa shape index (κ2) is 5.43. The van der Waals surface area contributed by atoms with Gasteiger partial charge in [0.2, 0.25) is 0 Å². The molecule has 0 bridgehead atoms. The number of aryl methyl sites for hydroxylation is 3. The zero-order chi connectivity index (χ0) is 15.0. The summed E-state index contributed by atoms with van der Waals surface area (Å²) in [4.78, 5) is 6.10. The van der Waals surface area contributed by atoms with Crippen LogP contribution in [0.25, 0.3) is 0 Å². The molecule has 1 aromatic heterocycles. The summed E-state index contributed by atoms with van der Waals surface area (Å²) in [5, 5.41) is 1.09. The predicted molar refractivity (Wildman–Crippen MR) is 87.1 cm³/mol. The van der Waals surface area contributed by atoms with E-state index in [0.29, 0.717) is 0 Å². The van der Waals surface area contributed by atoms with E-state index in [-0.39, 0.29) is 5.54 Å². The van der Waals surface area contributed by atoms with Gasteiger partial charge in [0, 0.05) is 4.88 Å². The van der Waals surface area contributed by atoms with E-state index in [2.05, 4.69) is 26.0 Å². The number of nitrogens with two attached hydrogens (primary N) is 1. The van der Waals surface area contributed by atoms with Gasteiger partial charge in [-0.3, -0.25) is 0 Å². The maximum Gasteiger partial charge on any atom is 0.119 e. The lowest BCUT2D eigenvalue weighted by molar-refractivity contribution is 0.378. The fraction of sp³-hybridized carbons (Fsp3) is 0.471. The summed E-state index contributed by atoms with van der Waals surface area (Å²) in [5.74, 6) is 0.905. The van der Waals surface area contributed by atoms with Crippen LogP contribution in [0.4, 0.5) is 0 Å². The molecule has 0 aliphatic heterocycles. The summed E-state index contributed by atoms with van der Waals surface area (Å²) in [7, 11) is 1.71. The van der Waals surface area contributed by atoms with Gasteiger partial charge in [-0.15, -0.1) is 11.3 Å². The van der Waals surface area contributed by atoms with Crippen LogP contribution >= 0.6 is 11.3 Å². The molecule has 2 aromatic rings. The molecular formula is C17H22N2OS. The first-order valence-corrected chi connectivity index (χ1v) is 8.29. The molecule has 0 spiro atoms. The van der Waals surface area contributed by atoms with Crippen molar-refractivity contribution in [2.45, 2.75) is 45.1 Å². The molecular weight excluding hydrogens is 280 g/mol. The van der Waals surface area contributed by atoms with Crippen molar-refractivity contribution in [2.24, 2.45) is 5.73 Å². The smallest absolute Gasteiger partial charge is 0.119 e. The first-order chi connectivity index (χ1) is 10.1. The third kappa shape index (κ3) is 2.58. The van der Waals surface area contributed by atoms with E-state index in [4.69, 9.17) is 15.5 Å². The molecule has 1 heterocycles. The monoisotopic (exact) mass is 302 g/mol. The lowest BCUT2D eigenvalue weighted by atomic mass is 9.79. The average molecular weight is 302 g/mol. The number of benzene rings is 1. The summed E-state index contributed by atoms with van der Waals surface area (Å²) in [6, 6.07) is 6.32. The minimum Gasteiger partial charge on any atom is -0.497 e. The van der Waals surface area contributed by atoms with E-state index in [1.165, 1.54) is 21.7 Å². The Labute approximate surface area is 130 Å². The molecule has 112 valence electrons. The van der Waals surface area contributed by atoms with Crippen molar-refractivity contribution < 1.29 is 4.74 Å². The van der Waals surface area contributed by atoms with Crippen molar-refractivity contribution in [2.75, 3.05) is 7.11 Å². The van der Waals surface area contributed by atoms with Crippen molar-refractivity contribution in [1.82, 2.24) is 4.98 Å². The highest BCUT2D eigenvalue weighted by Gasteiger charge is 2.35. The van der Waals surface area contributed by atoms with Gasteiger partial charge in [0.25, 0.3) is 0 Å². The topological polar surface area (TPSA) is 48.1 Å². The van der Waals surface area contributed by atoms with Gasteiger partial charge in [-0.1, -0.05) is 13.0 Å². The molecule has 4 heteroatoms. The van der Waals surface area contributed by atoms with Crippen LogP contribution < -0.4 is 10.5 Å². The van der Waals surface area contributed by atoms with Gasteiger partial charge in [0.05, 0.1) is 18.3 Å². The molecule has 2 N–H and O–H groups in total. The summed E-state index contributed by atoms with van der Waals surface area (Å²) < 4.78 is 5.34. The largest absolute Gasteiger partial charge is 0.497 e. The van der Waals surface area contributed by atoms with Gasteiger partial charge in [0.15, 0.2) is 0 Å². The Kier molecular flexibility index (Phi) is 3.76. The molecule has 3 rings (SSSR count). The first-order valence-electron chi connectivity index (χ1n) is 7.47. The Balaban J connectivity index is 1.95. The number of hydrogen-bond donors (Lipinski definition) is 1. The number of ether oxygens (including phenoxy) is 1. The van der Waals surface area contributed by atoms with Gasteiger partial charge in [-0.05, 0) is 55.9 Å². The van der Waals surface area contributed by atoms with Crippen molar-refractivity contribution in [3.05, 3.63) is 44.9 Å². The van der Waals surface area contributed by atoms with Gasteiger partial charge in [0.1, 0.15) is 10.8 Å². The number of methoxy groups -OCH3 is 1. The molecule has 1 atom stereocenters. The Morgan fingerprint density at radius 1 is 1.38 bits per heavy atom. The number of fused-ring (bicyclic) bond motifs is 1. The van der Waals surface area contributed by atoms with Crippen LogP contribution in [0.15, 0.2) is 18.2 Å². The Morgan fingerprint density at radius 2 is 2.19 bits per heavy atom. The van der Waals surface area contributed by atoms with Crippen molar-refractivity contribution in [3.63, 3.8) is 0 Å². The van der Waals surface area contributed by atoms with Crippen LogP contribution in [-0.4, -0.2) is 12.1 Å². The highest BCUT2D eigenvalue weighted by Crippen LogP contribution is 2.38.